The Hall–Kier alpha value is -1.25. The summed E-state index contributed by atoms with van der Waals surface area (Å²) in [5.74, 6) is 1.09. The molecule has 154 valence electrons. The van der Waals surface area contributed by atoms with Crippen molar-refractivity contribution in [1.29, 1.82) is 0 Å². The topological polar surface area (TPSA) is 72.4 Å². The van der Waals surface area contributed by atoms with E-state index in [4.69, 9.17) is 4.74 Å². The van der Waals surface area contributed by atoms with Crippen molar-refractivity contribution in [1.82, 2.24) is 14.9 Å². The number of thiophene rings is 1. The number of nitrogens with zero attached hydrogens (tertiary/aromatic N) is 3. The number of aryl methyl sites for hydroxylation is 1. The van der Waals surface area contributed by atoms with E-state index in [1.807, 2.05) is 0 Å². The first-order chi connectivity index (χ1) is 13.4. The van der Waals surface area contributed by atoms with Gasteiger partial charge in [-0.2, -0.15) is 0 Å². The van der Waals surface area contributed by atoms with Gasteiger partial charge in [0.1, 0.15) is 17.3 Å². The average molecular weight is 424 g/mol. The van der Waals surface area contributed by atoms with Gasteiger partial charge in [0.15, 0.2) is 9.84 Å². The van der Waals surface area contributed by atoms with Crippen molar-refractivity contribution in [3.8, 4) is 5.88 Å². The number of aromatic nitrogens is 2. The van der Waals surface area contributed by atoms with Gasteiger partial charge in [-0.1, -0.05) is 6.92 Å². The first-order valence-electron chi connectivity index (χ1n) is 10.2. The Morgan fingerprint density at radius 2 is 1.93 bits per heavy atom. The third-order valence-corrected chi connectivity index (χ3v) is 9.21. The molecule has 1 atom stereocenters. The van der Waals surface area contributed by atoms with E-state index in [0.717, 1.165) is 54.3 Å². The molecule has 0 saturated heterocycles. The van der Waals surface area contributed by atoms with E-state index in [-0.39, 0.29) is 23.5 Å². The Labute approximate surface area is 171 Å². The van der Waals surface area contributed by atoms with Crippen molar-refractivity contribution in [2.75, 3.05) is 25.6 Å². The number of rotatable bonds is 6. The van der Waals surface area contributed by atoms with Gasteiger partial charge < -0.3 is 9.64 Å². The van der Waals surface area contributed by atoms with Crippen LogP contribution in [0, 0.1) is 0 Å². The van der Waals surface area contributed by atoms with Crippen LogP contribution in [-0.2, 0) is 16.3 Å². The van der Waals surface area contributed by atoms with Crippen LogP contribution in [0.2, 0.25) is 0 Å². The molecule has 0 aromatic carbocycles. The third-order valence-electron chi connectivity index (χ3n) is 6.24. The van der Waals surface area contributed by atoms with Gasteiger partial charge in [0.2, 0.25) is 5.88 Å². The van der Waals surface area contributed by atoms with Gasteiger partial charge in [0.25, 0.3) is 0 Å². The lowest BCUT2D eigenvalue weighted by Gasteiger charge is -2.32. The van der Waals surface area contributed by atoms with Crippen LogP contribution in [0.1, 0.15) is 55.4 Å². The highest BCUT2D eigenvalue weighted by molar-refractivity contribution is 7.91. The second kappa shape index (κ2) is 7.88. The molecule has 0 radical (unpaired) electrons. The summed E-state index contributed by atoms with van der Waals surface area (Å²) < 4.78 is 30.9. The van der Waals surface area contributed by atoms with E-state index < -0.39 is 9.84 Å². The number of sulfone groups is 1. The summed E-state index contributed by atoms with van der Waals surface area (Å²) in [7, 11) is 1.25. The molecule has 0 aliphatic heterocycles. The van der Waals surface area contributed by atoms with Gasteiger partial charge in [-0.05, 0) is 58.2 Å². The summed E-state index contributed by atoms with van der Waals surface area (Å²) in [6.07, 6.45) is 7.86. The van der Waals surface area contributed by atoms with E-state index in [1.54, 1.807) is 24.6 Å². The number of fused-ring (bicyclic) bond motifs is 3. The molecule has 28 heavy (non-hydrogen) atoms. The maximum absolute atomic E-state index is 12.2. The number of hydrogen-bond donors (Lipinski definition) is 0. The molecule has 0 bridgehead atoms. The van der Waals surface area contributed by atoms with Crippen LogP contribution >= 0.6 is 11.3 Å². The monoisotopic (exact) mass is 423 g/mol. The quantitative estimate of drug-likeness (QED) is 0.709. The molecule has 0 amide bonds. The molecule has 2 aromatic rings. The molecule has 2 aliphatic rings. The Kier molecular flexibility index (Phi) is 5.64. The summed E-state index contributed by atoms with van der Waals surface area (Å²) in [5.41, 5.74) is 1.13. The largest absolute Gasteiger partial charge is 0.474 e. The van der Waals surface area contributed by atoms with Crippen molar-refractivity contribution >= 4 is 31.4 Å². The molecule has 1 fully saturated rings. The van der Waals surface area contributed by atoms with Crippen LogP contribution in [0.15, 0.2) is 6.33 Å². The molecule has 6 nitrogen and oxygen atoms in total. The Balaban J connectivity index is 1.61. The van der Waals surface area contributed by atoms with Gasteiger partial charge in [0, 0.05) is 22.6 Å². The second-order valence-corrected chi connectivity index (χ2v) is 11.7. The zero-order chi connectivity index (χ0) is 19.9. The highest BCUT2D eigenvalue weighted by Crippen LogP contribution is 2.46. The fourth-order valence-corrected chi connectivity index (χ4v) is 6.97. The lowest BCUT2D eigenvalue weighted by Crippen LogP contribution is -2.35. The standard InChI is InChI=1S/C20H29N3O3S2/c1-4-28(24,25)11-13-5-10-16-17(13)18-19(21-12-22-20(18)27-16)26-15-8-6-14(7-9-15)23(2)3/h12-15H,4-11H2,1-3H3/t13?,14-,15-. The molecule has 4 rings (SSSR count). The zero-order valence-electron chi connectivity index (χ0n) is 16.8. The van der Waals surface area contributed by atoms with Crippen LogP contribution in [0.3, 0.4) is 0 Å². The number of hydrogen-bond acceptors (Lipinski definition) is 7. The summed E-state index contributed by atoms with van der Waals surface area (Å²) in [4.78, 5) is 13.4. The lowest BCUT2D eigenvalue weighted by molar-refractivity contribution is 0.108. The normalized spacial score (nSPS) is 25.4. The van der Waals surface area contributed by atoms with Gasteiger partial charge >= 0.3 is 0 Å². The minimum absolute atomic E-state index is 0.0338. The second-order valence-electron chi connectivity index (χ2n) is 8.24. The Morgan fingerprint density at radius 3 is 2.61 bits per heavy atom. The maximum atomic E-state index is 12.2. The van der Waals surface area contributed by atoms with Crippen LogP contribution in [0.4, 0.5) is 0 Å². The summed E-state index contributed by atoms with van der Waals surface area (Å²) in [6, 6.07) is 0.624. The highest BCUT2D eigenvalue weighted by Gasteiger charge is 2.33. The SMILES string of the molecule is CCS(=O)(=O)CC1CCc2sc3ncnc(O[C@H]4CC[C@H](N(C)C)CC4)c3c21. The molecule has 1 saturated carbocycles. The fourth-order valence-electron chi connectivity index (χ4n) is 4.56. The first kappa shape index (κ1) is 20.0. The first-order valence-corrected chi connectivity index (χ1v) is 12.8. The van der Waals surface area contributed by atoms with E-state index in [0.29, 0.717) is 11.9 Å². The van der Waals surface area contributed by atoms with Crippen LogP contribution in [0.25, 0.3) is 10.2 Å². The minimum atomic E-state index is -3.03. The van der Waals surface area contributed by atoms with E-state index >= 15 is 0 Å². The van der Waals surface area contributed by atoms with Gasteiger partial charge in [-0.15, -0.1) is 11.3 Å². The third kappa shape index (κ3) is 3.91. The molecule has 8 heteroatoms. The highest BCUT2D eigenvalue weighted by atomic mass is 32.2. The molecule has 1 unspecified atom stereocenters. The summed E-state index contributed by atoms with van der Waals surface area (Å²) in [6.45, 7) is 1.72. The Bertz CT molecular complexity index is 947. The van der Waals surface area contributed by atoms with E-state index in [2.05, 4.69) is 29.0 Å². The fraction of sp³-hybridized carbons (Fsp3) is 0.700. The van der Waals surface area contributed by atoms with Crippen molar-refractivity contribution in [2.45, 2.75) is 63.5 Å². The molecular formula is C20H29N3O3S2. The predicted molar refractivity (Wildman–Crippen MR) is 113 cm³/mol. The summed E-state index contributed by atoms with van der Waals surface area (Å²) >= 11 is 1.67. The minimum Gasteiger partial charge on any atom is -0.474 e. The molecule has 2 aromatic heterocycles. The molecule has 2 heterocycles. The molecular weight excluding hydrogens is 394 g/mol. The summed E-state index contributed by atoms with van der Waals surface area (Å²) in [5, 5.41) is 0.964. The zero-order valence-corrected chi connectivity index (χ0v) is 18.5. The van der Waals surface area contributed by atoms with Crippen LogP contribution in [-0.4, -0.2) is 61.0 Å². The maximum Gasteiger partial charge on any atom is 0.225 e. The van der Waals surface area contributed by atoms with Crippen molar-refractivity contribution in [3.05, 3.63) is 16.8 Å². The molecule has 2 aliphatic carbocycles. The van der Waals surface area contributed by atoms with Gasteiger partial charge in [-0.3, -0.25) is 0 Å². The van der Waals surface area contributed by atoms with Crippen molar-refractivity contribution in [3.63, 3.8) is 0 Å². The molecule has 0 N–H and O–H groups in total. The van der Waals surface area contributed by atoms with Gasteiger partial charge in [-0.25, -0.2) is 18.4 Å². The number of ether oxygens (including phenoxy) is 1. The van der Waals surface area contributed by atoms with Crippen molar-refractivity contribution < 1.29 is 13.2 Å². The van der Waals surface area contributed by atoms with E-state index in [9.17, 15) is 8.42 Å². The van der Waals surface area contributed by atoms with Gasteiger partial charge in [0.05, 0.1) is 11.1 Å². The average Bonchev–Trinajstić information content (AvgIpc) is 3.22. The van der Waals surface area contributed by atoms with Crippen LogP contribution in [0.5, 0.6) is 5.88 Å². The Morgan fingerprint density at radius 1 is 1.18 bits per heavy atom. The van der Waals surface area contributed by atoms with Crippen molar-refractivity contribution in [2.24, 2.45) is 0 Å². The van der Waals surface area contributed by atoms with Crippen LogP contribution < -0.4 is 4.74 Å². The van der Waals surface area contributed by atoms with E-state index in [1.165, 1.54) is 4.88 Å². The molecule has 0 spiro atoms. The predicted octanol–water partition coefficient (Wildman–Crippen LogP) is 3.41. The lowest BCUT2D eigenvalue weighted by atomic mass is 9.92. The smallest absolute Gasteiger partial charge is 0.225 e.